The van der Waals surface area contributed by atoms with Crippen LogP contribution in [0.3, 0.4) is 0 Å². The van der Waals surface area contributed by atoms with E-state index >= 15 is 0 Å². The fourth-order valence-corrected chi connectivity index (χ4v) is 1.44. The average molecular weight is 267 g/mol. The number of nitrogens with zero attached hydrogens (tertiary/aromatic N) is 1. The largest absolute Gasteiger partial charge is 0.370 e. The van der Waals surface area contributed by atoms with E-state index in [9.17, 15) is 9.18 Å². The highest BCUT2D eigenvalue weighted by Gasteiger charge is 2.22. The molecular weight excluding hydrogens is 245 g/mol. The fourth-order valence-electron chi connectivity index (χ4n) is 1.44. The molecule has 0 atom stereocenters. The van der Waals surface area contributed by atoms with Crippen molar-refractivity contribution in [1.82, 2.24) is 0 Å². The molecule has 0 heterocycles. The molecule has 0 aliphatic heterocycles. The van der Waals surface area contributed by atoms with E-state index in [-0.39, 0.29) is 17.8 Å². The van der Waals surface area contributed by atoms with E-state index in [2.05, 4.69) is 5.32 Å². The highest BCUT2D eigenvalue weighted by atomic mass is 19.1. The molecule has 0 radical (unpaired) electrons. The number of nitrogens with two attached hydrogens (primary N) is 1. The summed E-state index contributed by atoms with van der Waals surface area (Å²) in [5, 5.41) is 2.60. The van der Waals surface area contributed by atoms with Crippen LogP contribution in [-0.4, -0.2) is 24.5 Å². The summed E-state index contributed by atoms with van der Waals surface area (Å²) in [6.07, 6.45) is 0. The molecule has 19 heavy (non-hydrogen) atoms. The van der Waals surface area contributed by atoms with E-state index in [4.69, 9.17) is 5.73 Å². The van der Waals surface area contributed by atoms with Gasteiger partial charge in [-0.2, -0.15) is 0 Å². The molecule has 1 amide bonds. The molecule has 0 saturated heterocycles. The van der Waals surface area contributed by atoms with Crippen molar-refractivity contribution in [2.75, 3.05) is 17.3 Å². The van der Waals surface area contributed by atoms with Crippen LogP contribution in [0.5, 0.6) is 0 Å². The third kappa shape index (κ3) is 3.92. The third-order valence-electron chi connectivity index (χ3n) is 2.95. The maximum atomic E-state index is 14.0. The lowest BCUT2D eigenvalue weighted by Gasteiger charge is -2.25. The van der Waals surface area contributed by atoms with Crippen LogP contribution in [0.2, 0.25) is 0 Å². The molecule has 3 N–H and O–H groups in total. The van der Waals surface area contributed by atoms with Crippen LogP contribution in [0.1, 0.15) is 27.7 Å². The van der Waals surface area contributed by atoms with Gasteiger partial charge < -0.3 is 16.0 Å². The number of rotatable bonds is 4. The van der Waals surface area contributed by atoms with E-state index in [0.717, 1.165) is 0 Å². The van der Waals surface area contributed by atoms with Crippen LogP contribution < -0.4 is 16.0 Å². The molecule has 0 unspecified atom stereocenters. The average Bonchev–Trinajstić information content (AvgIpc) is 2.26. The molecule has 106 valence electrons. The van der Waals surface area contributed by atoms with Crippen LogP contribution >= 0.6 is 0 Å². The lowest BCUT2D eigenvalue weighted by molar-refractivity contribution is -0.120. The van der Waals surface area contributed by atoms with Gasteiger partial charge in [0.15, 0.2) is 0 Å². The van der Waals surface area contributed by atoms with E-state index < -0.39 is 5.54 Å². The van der Waals surface area contributed by atoms with Gasteiger partial charge in [0.1, 0.15) is 5.82 Å². The summed E-state index contributed by atoms with van der Waals surface area (Å²) in [6, 6.07) is 4.81. The highest BCUT2D eigenvalue weighted by Crippen LogP contribution is 2.23. The molecule has 1 aromatic carbocycles. The molecule has 0 aliphatic rings. The Labute approximate surface area is 113 Å². The highest BCUT2D eigenvalue weighted by molar-refractivity contribution is 5.97. The number of anilines is 2. The van der Waals surface area contributed by atoms with Gasteiger partial charge in [0.25, 0.3) is 0 Å². The molecule has 0 bridgehead atoms. The summed E-state index contributed by atoms with van der Waals surface area (Å²) < 4.78 is 14.0. The standard InChI is InChI=1S/C14H22FN3O/c1-9(2)18(5)12-7-6-10(8-11(12)15)17-13(19)14(3,4)16/h6-9H,16H2,1-5H3,(H,17,19). The van der Waals surface area contributed by atoms with E-state index in [0.29, 0.717) is 11.4 Å². The minimum atomic E-state index is -0.996. The molecule has 5 heteroatoms. The Morgan fingerprint density at radius 1 is 1.42 bits per heavy atom. The number of benzene rings is 1. The minimum Gasteiger partial charge on any atom is -0.370 e. The predicted octanol–water partition coefficient (Wildman–Crippen LogP) is 2.35. The van der Waals surface area contributed by atoms with Crippen molar-refractivity contribution in [2.45, 2.75) is 39.3 Å². The maximum Gasteiger partial charge on any atom is 0.243 e. The number of carbonyl (C=O) groups excluding carboxylic acids is 1. The summed E-state index contributed by atoms with van der Waals surface area (Å²) in [5.41, 5.74) is 5.58. The van der Waals surface area contributed by atoms with Crippen molar-refractivity contribution in [3.05, 3.63) is 24.0 Å². The zero-order chi connectivity index (χ0) is 14.8. The van der Waals surface area contributed by atoms with Crippen LogP contribution in [-0.2, 0) is 4.79 Å². The zero-order valence-corrected chi connectivity index (χ0v) is 12.1. The Balaban J connectivity index is 2.92. The van der Waals surface area contributed by atoms with Crippen LogP contribution in [0.25, 0.3) is 0 Å². The maximum absolute atomic E-state index is 14.0. The Morgan fingerprint density at radius 2 is 2.00 bits per heavy atom. The second-order valence-electron chi connectivity index (χ2n) is 5.55. The summed E-state index contributed by atoms with van der Waals surface area (Å²) in [5.74, 6) is -0.722. The van der Waals surface area contributed by atoms with Crippen molar-refractivity contribution < 1.29 is 9.18 Å². The van der Waals surface area contributed by atoms with Crippen molar-refractivity contribution in [2.24, 2.45) is 5.73 Å². The Bertz CT molecular complexity index is 466. The first-order valence-corrected chi connectivity index (χ1v) is 6.25. The number of hydrogen-bond acceptors (Lipinski definition) is 3. The van der Waals surface area contributed by atoms with Gasteiger partial charge in [-0.1, -0.05) is 0 Å². The van der Waals surface area contributed by atoms with Gasteiger partial charge in [-0.25, -0.2) is 4.39 Å². The fraction of sp³-hybridized carbons (Fsp3) is 0.500. The summed E-state index contributed by atoms with van der Waals surface area (Å²) in [7, 11) is 1.82. The SMILES string of the molecule is CC(C)N(C)c1ccc(NC(=O)C(C)(C)N)cc1F. The smallest absolute Gasteiger partial charge is 0.243 e. The van der Waals surface area contributed by atoms with Gasteiger partial charge in [0.05, 0.1) is 11.2 Å². The predicted molar refractivity (Wildman–Crippen MR) is 76.8 cm³/mol. The normalized spacial score (nSPS) is 11.6. The van der Waals surface area contributed by atoms with E-state index in [1.807, 2.05) is 25.8 Å². The van der Waals surface area contributed by atoms with Gasteiger partial charge >= 0.3 is 0 Å². The second-order valence-corrected chi connectivity index (χ2v) is 5.55. The quantitative estimate of drug-likeness (QED) is 0.880. The first-order valence-electron chi connectivity index (χ1n) is 6.25. The first-order chi connectivity index (χ1) is 8.62. The van der Waals surface area contributed by atoms with Crippen LogP contribution in [0.15, 0.2) is 18.2 Å². The van der Waals surface area contributed by atoms with Crippen molar-refractivity contribution in [3.8, 4) is 0 Å². The van der Waals surface area contributed by atoms with Gasteiger partial charge in [0, 0.05) is 18.8 Å². The van der Waals surface area contributed by atoms with Gasteiger partial charge in [-0.3, -0.25) is 4.79 Å². The second kappa shape index (κ2) is 5.57. The molecule has 1 rings (SSSR count). The minimum absolute atomic E-state index is 0.193. The van der Waals surface area contributed by atoms with Gasteiger partial charge in [-0.15, -0.1) is 0 Å². The Kier molecular flexibility index (Phi) is 4.52. The molecule has 1 aromatic rings. The van der Waals surface area contributed by atoms with Gasteiger partial charge in [-0.05, 0) is 45.9 Å². The molecule has 0 saturated carbocycles. The number of hydrogen-bond donors (Lipinski definition) is 2. The molecule has 0 fully saturated rings. The molecule has 0 aliphatic carbocycles. The number of carbonyl (C=O) groups is 1. The van der Waals surface area contributed by atoms with Crippen LogP contribution in [0.4, 0.5) is 15.8 Å². The number of amides is 1. The molecular formula is C14H22FN3O. The van der Waals surface area contributed by atoms with Crippen LogP contribution in [0, 0.1) is 5.82 Å². The van der Waals surface area contributed by atoms with Crippen molar-refractivity contribution in [3.63, 3.8) is 0 Å². The molecule has 0 aromatic heterocycles. The molecule has 4 nitrogen and oxygen atoms in total. The zero-order valence-electron chi connectivity index (χ0n) is 12.1. The summed E-state index contributed by atoms with van der Waals surface area (Å²) in [6.45, 7) is 7.15. The Hall–Kier alpha value is -1.62. The molecule has 0 spiro atoms. The lowest BCUT2D eigenvalue weighted by Crippen LogP contribution is -2.45. The lowest BCUT2D eigenvalue weighted by atomic mass is 10.1. The first kappa shape index (κ1) is 15.4. The van der Waals surface area contributed by atoms with E-state index in [1.54, 1.807) is 26.0 Å². The topological polar surface area (TPSA) is 58.4 Å². The van der Waals surface area contributed by atoms with Gasteiger partial charge in [0.2, 0.25) is 5.91 Å². The third-order valence-corrected chi connectivity index (χ3v) is 2.95. The van der Waals surface area contributed by atoms with E-state index in [1.165, 1.54) is 6.07 Å². The Morgan fingerprint density at radius 3 is 2.42 bits per heavy atom. The number of halogens is 1. The van der Waals surface area contributed by atoms with Crippen molar-refractivity contribution in [1.29, 1.82) is 0 Å². The van der Waals surface area contributed by atoms with Crippen molar-refractivity contribution >= 4 is 17.3 Å². The monoisotopic (exact) mass is 267 g/mol. The number of nitrogens with one attached hydrogen (secondary N) is 1. The summed E-state index contributed by atoms with van der Waals surface area (Å²) >= 11 is 0. The summed E-state index contributed by atoms with van der Waals surface area (Å²) in [4.78, 5) is 13.5.